The third kappa shape index (κ3) is 4.34. The Bertz CT molecular complexity index is 494. The quantitative estimate of drug-likeness (QED) is 0.490. The minimum atomic E-state index is -3.06. The van der Waals surface area contributed by atoms with E-state index in [1.165, 1.54) is 4.45 Å². The van der Waals surface area contributed by atoms with Crippen molar-refractivity contribution in [1.29, 1.82) is 0 Å². The molecule has 0 bridgehead atoms. The van der Waals surface area contributed by atoms with Crippen molar-refractivity contribution in [2.45, 2.75) is 60.3 Å². The van der Waals surface area contributed by atoms with E-state index in [2.05, 4.69) is 17.0 Å². The van der Waals surface area contributed by atoms with Crippen molar-refractivity contribution in [3.63, 3.8) is 0 Å². The largest absolute Gasteiger partial charge is 0.368 e. The third-order valence-electron chi connectivity index (χ3n) is 4.11. The van der Waals surface area contributed by atoms with Crippen molar-refractivity contribution in [1.82, 2.24) is 23.9 Å². The number of unbranched alkanes of at least 4 members (excludes halogenated alkanes) is 2. The third-order valence-corrected chi connectivity index (χ3v) is 7.50. The molecule has 0 spiro atoms. The van der Waals surface area contributed by atoms with Crippen LogP contribution in [0.3, 0.4) is 0 Å². The summed E-state index contributed by atoms with van der Waals surface area (Å²) in [5, 5.41) is 4.52. The van der Waals surface area contributed by atoms with Gasteiger partial charge < -0.3 is 5.73 Å². The molecule has 0 aromatic carbocycles. The van der Waals surface area contributed by atoms with Gasteiger partial charge in [0.2, 0.25) is 5.95 Å². The Morgan fingerprint density at radius 2 is 1.52 bits per heavy atom. The Labute approximate surface area is 140 Å². The summed E-state index contributed by atoms with van der Waals surface area (Å²) in [6.45, 7) is 12.9. The lowest BCUT2D eigenvalue weighted by atomic mass is 10.2. The highest BCUT2D eigenvalue weighted by Crippen LogP contribution is 2.54. The van der Waals surface area contributed by atoms with Crippen LogP contribution in [0.5, 0.6) is 0 Å². The molecule has 0 aliphatic carbocycles. The Hall–Kier alpha value is -0.910. The lowest BCUT2D eigenvalue weighted by molar-refractivity contribution is 0.347. The van der Waals surface area contributed by atoms with Gasteiger partial charge in [-0.05, 0) is 6.42 Å². The van der Waals surface area contributed by atoms with Crippen LogP contribution in [0.1, 0.15) is 59.7 Å². The van der Waals surface area contributed by atoms with Gasteiger partial charge in [0.1, 0.15) is 0 Å². The predicted octanol–water partition coefficient (Wildman–Crippen LogP) is 3.23. The molecule has 0 unspecified atom stereocenters. The zero-order valence-electron chi connectivity index (χ0n) is 15.3. The van der Waals surface area contributed by atoms with Crippen molar-refractivity contribution in [3.05, 3.63) is 5.82 Å². The van der Waals surface area contributed by atoms with Gasteiger partial charge >= 0.3 is 7.59 Å². The number of anilines is 1. The number of aryl methyl sites for hydroxylation is 1. The summed E-state index contributed by atoms with van der Waals surface area (Å²) in [6, 6.07) is 0. The maximum absolute atomic E-state index is 13.9. The number of aromatic nitrogens is 3. The minimum absolute atomic E-state index is 0.249. The molecule has 2 N–H and O–H groups in total. The second kappa shape index (κ2) is 9.40. The molecule has 23 heavy (non-hydrogen) atoms. The molecule has 1 aromatic heterocycles. The molecule has 0 amide bonds. The van der Waals surface area contributed by atoms with Gasteiger partial charge in [-0.25, -0.2) is 9.34 Å². The standard InChI is InChI=1S/C15H33N6OP/c1-6-11-12-13-14-17-15(16)21(18-14)23(22,19(7-2)8-3)20(9-4)10-5/h6-13H2,1-5H3,(H2,16,17,18). The summed E-state index contributed by atoms with van der Waals surface area (Å²) in [5.41, 5.74) is 6.09. The second-order valence-electron chi connectivity index (χ2n) is 5.52. The molecule has 8 heteroatoms. The van der Waals surface area contributed by atoms with Crippen LogP contribution in [0.4, 0.5) is 5.95 Å². The SMILES string of the molecule is CCCCCc1nc(N)n(P(=O)(N(CC)CC)N(CC)CC)n1. The minimum Gasteiger partial charge on any atom is -0.368 e. The van der Waals surface area contributed by atoms with Gasteiger partial charge in [-0.1, -0.05) is 47.5 Å². The van der Waals surface area contributed by atoms with E-state index in [-0.39, 0.29) is 5.95 Å². The van der Waals surface area contributed by atoms with Crippen LogP contribution < -0.4 is 5.73 Å². The zero-order chi connectivity index (χ0) is 17.5. The molecule has 1 aromatic rings. The molecule has 0 atom stereocenters. The highest BCUT2D eigenvalue weighted by molar-refractivity contribution is 7.57. The van der Waals surface area contributed by atoms with Crippen LogP contribution >= 0.6 is 7.59 Å². The highest BCUT2D eigenvalue weighted by atomic mass is 31.2. The number of hydrogen-bond donors (Lipinski definition) is 1. The van der Waals surface area contributed by atoms with Crippen molar-refractivity contribution in [2.24, 2.45) is 0 Å². The summed E-state index contributed by atoms with van der Waals surface area (Å²) in [7, 11) is -3.06. The van der Waals surface area contributed by atoms with Gasteiger partial charge in [-0.3, -0.25) is 4.57 Å². The molecule has 0 aliphatic heterocycles. The summed E-state index contributed by atoms with van der Waals surface area (Å²) in [4.78, 5) is 4.35. The summed E-state index contributed by atoms with van der Waals surface area (Å²) in [5.74, 6) is 0.939. The smallest absolute Gasteiger partial charge is 0.333 e. The second-order valence-corrected chi connectivity index (χ2v) is 8.06. The molecular formula is C15H33N6OP. The average Bonchev–Trinajstić information content (AvgIpc) is 2.91. The normalized spacial score (nSPS) is 12.5. The summed E-state index contributed by atoms with van der Waals surface area (Å²) >= 11 is 0. The molecule has 1 heterocycles. The number of nitrogens with zero attached hydrogens (tertiary/aromatic N) is 5. The maximum Gasteiger partial charge on any atom is 0.333 e. The van der Waals surface area contributed by atoms with Crippen molar-refractivity contribution < 1.29 is 4.57 Å². The number of hydrogen-bond acceptors (Lipinski definition) is 4. The lowest BCUT2D eigenvalue weighted by Crippen LogP contribution is -2.36. The molecule has 0 saturated carbocycles. The van der Waals surface area contributed by atoms with E-state index in [0.717, 1.165) is 25.7 Å². The van der Waals surface area contributed by atoms with E-state index in [4.69, 9.17) is 5.73 Å². The van der Waals surface area contributed by atoms with Crippen LogP contribution in [-0.2, 0) is 11.0 Å². The monoisotopic (exact) mass is 344 g/mol. The Morgan fingerprint density at radius 1 is 1.00 bits per heavy atom. The fourth-order valence-electron chi connectivity index (χ4n) is 2.79. The van der Waals surface area contributed by atoms with E-state index in [0.29, 0.717) is 32.0 Å². The molecule has 1 rings (SSSR count). The molecule has 134 valence electrons. The van der Waals surface area contributed by atoms with Crippen LogP contribution in [-0.4, -0.2) is 50.1 Å². The molecule has 7 nitrogen and oxygen atoms in total. The van der Waals surface area contributed by atoms with Gasteiger partial charge in [0.25, 0.3) is 0 Å². The van der Waals surface area contributed by atoms with Gasteiger partial charge in [-0.2, -0.15) is 9.44 Å². The van der Waals surface area contributed by atoms with E-state index in [1.54, 1.807) is 0 Å². The first-order valence-electron chi connectivity index (χ1n) is 8.82. The molecule has 0 aliphatic rings. The average molecular weight is 344 g/mol. The van der Waals surface area contributed by atoms with E-state index >= 15 is 0 Å². The lowest BCUT2D eigenvalue weighted by Gasteiger charge is -2.36. The zero-order valence-corrected chi connectivity index (χ0v) is 16.2. The molecule has 0 fully saturated rings. The first kappa shape index (κ1) is 20.1. The van der Waals surface area contributed by atoms with Crippen LogP contribution in [0.2, 0.25) is 0 Å². The van der Waals surface area contributed by atoms with Gasteiger partial charge in [0, 0.05) is 32.6 Å². The number of nitrogens with two attached hydrogens (primary N) is 1. The van der Waals surface area contributed by atoms with Gasteiger partial charge in [-0.15, -0.1) is 5.10 Å². The number of nitrogen functional groups attached to an aromatic ring is 1. The van der Waals surface area contributed by atoms with E-state index < -0.39 is 7.59 Å². The first-order valence-corrected chi connectivity index (χ1v) is 10.4. The highest BCUT2D eigenvalue weighted by Gasteiger charge is 2.39. The topological polar surface area (TPSA) is 80.3 Å². The molecular weight excluding hydrogens is 311 g/mol. The Kier molecular flexibility index (Phi) is 8.23. The van der Waals surface area contributed by atoms with E-state index in [9.17, 15) is 4.57 Å². The van der Waals surface area contributed by atoms with Crippen molar-refractivity contribution in [2.75, 3.05) is 31.9 Å². The van der Waals surface area contributed by atoms with Crippen LogP contribution in [0, 0.1) is 0 Å². The summed E-state index contributed by atoms with van der Waals surface area (Å²) in [6.07, 6.45) is 4.09. The van der Waals surface area contributed by atoms with Crippen LogP contribution in [0.15, 0.2) is 0 Å². The van der Waals surface area contributed by atoms with Crippen LogP contribution in [0.25, 0.3) is 0 Å². The Balaban J connectivity index is 3.24. The van der Waals surface area contributed by atoms with Gasteiger partial charge in [0.05, 0.1) is 0 Å². The molecule has 0 saturated heterocycles. The summed E-state index contributed by atoms with van der Waals surface area (Å²) < 4.78 is 19.3. The number of rotatable bonds is 11. The maximum atomic E-state index is 13.9. The fourth-order valence-corrected chi connectivity index (χ4v) is 5.64. The predicted molar refractivity (Wildman–Crippen MR) is 96.5 cm³/mol. The van der Waals surface area contributed by atoms with Crippen molar-refractivity contribution in [3.8, 4) is 0 Å². The van der Waals surface area contributed by atoms with Crippen molar-refractivity contribution >= 4 is 13.5 Å². The fraction of sp³-hybridized carbons (Fsp3) is 0.867. The first-order chi connectivity index (χ1) is 11.0. The Morgan fingerprint density at radius 3 is 1.96 bits per heavy atom. The molecule has 0 radical (unpaired) electrons. The van der Waals surface area contributed by atoms with E-state index in [1.807, 2.05) is 37.0 Å². The van der Waals surface area contributed by atoms with Gasteiger partial charge in [0.15, 0.2) is 5.82 Å².